The molecule has 1 heterocycles. The molecule has 1 amide bonds. The third kappa shape index (κ3) is 5.23. The van der Waals surface area contributed by atoms with Crippen LogP contribution in [0.15, 0.2) is 12.1 Å². The third-order valence-corrected chi connectivity index (χ3v) is 6.56. The van der Waals surface area contributed by atoms with Crippen molar-refractivity contribution in [3.63, 3.8) is 0 Å². The first-order valence-corrected chi connectivity index (χ1v) is 11.3. The zero-order valence-electron chi connectivity index (χ0n) is 17.2. The lowest BCUT2D eigenvalue weighted by atomic mass is 9.92. The SMILES string of the molecule is COc1cc(C)c([C@@H](C)NC(=O)[C@@H]2CCCN(S(C)(=O)=O)C2)cc1C(C)C. The summed E-state index contributed by atoms with van der Waals surface area (Å²) in [4.78, 5) is 12.8. The molecular weight excluding hydrogens is 364 g/mol. The molecule has 0 aliphatic carbocycles. The highest BCUT2D eigenvalue weighted by atomic mass is 32.2. The van der Waals surface area contributed by atoms with Crippen molar-refractivity contribution in [2.45, 2.75) is 52.5 Å². The van der Waals surface area contributed by atoms with Gasteiger partial charge < -0.3 is 10.1 Å². The van der Waals surface area contributed by atoms with Crippen LogP contribution in [0.5, 0.6) is 5.75 Å². The number of piperidine rings is 1. The molecule has 6 nitrogen and oxygen atoms in total. The van der Waals surface area contributed by atoms with Crippen molar-refractivity contribution < 1.29 is 17.9 Å². The molecule has 2 rings (SSSR count). The van der Waals surface area contributed by atoms with Gasteiger partial charge in [0.1, 0.15) is 5.75 Å². The third-order valence-electron chi connectivity index (χ3n) is 5.29. The molecule has 2 atom stereocenters. The number of amides is 1. The number of sulfonamides is 1. The largest absolute Gasteiger partial charge is 0.496 e. The van der Waals surface area contributed by atoms with Crippen molar-refractivity contribution in [2.24, 2.45) is 5.92 Å². The number of hydrogen-bond acceptors (Lipinski definition) is 4. The Morgan fingerprint density at radius 1 is 1.26 bits per heavy atom. The standard InChI is InChI=1S/C20H32N2O4S/c1-13(2)17-11-18(14(3)10-19(17)26-5)15(4)21-20(23)16-8-7-9-22(12-16)27(6,24)25/h10-11,13,15-16H,7-9,12H2,1-6H3,(H,21,23)/t15-,16-/m1/s1. The molecule has 1 aliphatic rings. The van der Waals surface area contributed by atoms with Crippen LogP contribution >= 0.6 is 0 Å². The summed E-state index contributed by atoms with van der Waals surface area (Å²) < 4.78 is 30.5. The second-order valence-electron chi connectivity index (χ2n) is 7.80. The molecule has 7 heteroatoms. The van der Waals surface area contributed by atoms with Crippen molar-refractivity contribution in [1.82, 2.24) is 9.62 Å². The molecule has 1 N–H and O–H groups in total. The van der Waals surface area contributed by atoms with Gasteiger partial charge in [-0.3, -0.25) is 4.79 Å². The monoisotopic (exact) mass is 396 g/mol. The van der Waals surface area contributed by atoms with Crippen molar-refractivity contribution >= 4 is 15.9 Å². The minimum absolute atomic E-state index is 0.0860. The van der Waals surface area contributed by atoms with Crippen LogP contribution in [-0.2, 0) is 14.8 Å². The molecule has 0 bridgehead atoms. The number of rotatable bonds is 6. The number of nitrogens with zero attached hydrogens (tertiary/aromatic N) is 1. The van der Waals surface area contributed by atoms with Gasteiger partial charge in [0.25, 0.3) is 0 Å². The number of benzene rings is 1. The molecule has 27 heavy (non-hydrogen) atoms. The Kier molecular flexibility index (Phi) is 6.92. The van der Waals surface area contributed by atoms with E-state index in [2.05, 4.69) is 25.2 Å². The van der Waals surface area contributed by atoms with Crippen LogP contribution in [0.2, 0.25) is 0 Å². The van der Waals surface area contributed by atoms with E-state index in [-0.39, 0.29) is 24.4 Å². The Bertz CT molecular complexity index is 789. The van der Waals surface area contributed by atoms with E-state index in [1.807, 2.05) is 19.9 Å². The molecule has 1 aromatic carbocycles. The minimum Gasteiger partial charge on any atom is -0.496 e. The van der Waals surface area contributed by atoms with Crippen molar-refractivity contribution in [3.05, 3.63) is 28.8 Å². The van der Waals surface area contributed by atoms with E-state index in [0.29, 0.717) is 25.3 Å². The Morgan fingerprint density at radius 3 is 2.48 bits per heavy atom. The molecule has 152 valence electrons. The van der Waals surface area contributed by atoms with E-state index < -0.39 is 10.0 Å². The van der Waals surface area contributed by atoms with Crippen molar-refractivity contribution in [3.8, 4) is 5.75 Å². The Morgan fingerprint density at radius 2 is 1.93 bits per heavy atom. The van der Waals surface area contributed by atoms with Crippen LogP contribution in [0.25, 0.3) is 0 Å². The van der Waals surface area contributed by atoms with Gasteiger partial charge in [0.15, 0.2) is 0 Å². The maximum absolute atomic E-state index is 12.8. The van der Waals surface area contributed by atoms with Crippen molar-refractivity contribution in [2.75, 3.05) is 26.5 Å². The summed E-state index contributed by atoms with van der Waals surface area (Å²) in [6.07, 6.45) is 2.62. The van der Waals surface area contributed by atoms with Gasteiger partial charge in [0.05, 0.1) is 25.3 Å². The molecule has 0 spiro atoms. The maximum Gasteiger partial charge on any atom is 0.224 e. The lowest BCUT2D eigenvalue weighted by Crippen LogP contribution is -2.45. The number of aryl methyl sites for hydroxylation is 1. The van der Waals surface area contributed by atoms with Crippen LogP contribution in [0.1, 0.15) is 62.3 Å². The Hall–Kier alpha value is -1.60. The minimum atomic E-state index is -3.26. The van der Waals surface area contributed by atoms with Crippen molar-refractivity contribution in [1.29, 1.82) is 0 Å². The summed E-state index contributed by atoms with van der Waals surface area (Å²) in [7, 11) is -1.59. The molecule has 0 unspecified atom stereocenters. The predicted octanol–water partition coefficient (Wildman–Crippen LogP) is 2.98. The number of nitrogens with one attached hydrogen (secondary N) is 1. The fraction of sp³-hybridized carbons (Fsp3) is 0.650. The molecule has 1 fully saturated rings. The summed E-state index contributed by atoms with van der Waals surface area (Å²) in [6.45, 7) is 8.96. The number of ether oxygens (including phenoxy) is 1. The van der Waals surface area contributed by atoms with E-state index in [0.717, 1.165) is 22.4 Å². The van der Waals surface area contributed by atoms with E-state index in [9.17, 15) is 13.2 Å². The fourth-order valence-corrected chi connectivity index (χ4v) is 4.59. The average molecular weight is 397 g/mol. The molecular formula is C20H32N2O4S. The maximum atomic E-state index is 12.8. The molecule has 1 saturated heterocycles. The quantitative estimate of drug-likeness (QED) is 0.802. The van der Waals surface area contributed by atoms with Crippen LogP contribution in [0.4, 0.5) is 0 Å². The van der Waals surface area contributed by atoms with Gasteiger partial charge in [-0.15, -0.1) is 0 Å². The summed E-state index contributed by atoms with van der Waals surface area (Å²) in [5.41, 5.74) is 3.23. The first kappa shape index (κ1) is 21.7. The fourth-order valence-electron chi connectivity index (χ4n) is 3.68. The highest BCUT2D eigenvalue weighted by Crippen LogP contribution is 2.32. The topological polar surface area (TPSA) is 75.7 Å². The Labute approximate surface area is 163 Å². The highest BCUT2D eigenvalue weighted by Gasteiger charge is 2.31. The van der Waals surface area contributed by atoms with Gasteiger partial charge in [-0.25, -0.2) is 12.7 Å². The zero-order chi connectivity index (χ0) is 20.4. The first-order valence-electron chi connectivity index (χ1n) is 9.48. The van der Waals surface area contributed by atoms with E-state index in [4.69, 9.17) is 4.74 Å². The smallest absolute Gasteiger partial charge is 0.224 e. The summed E-state index contributed by atoms with van der Waals surface area (Å²) >= 11 is 0. The Balaban J connectivity index is 2.16. The normalized spacial score (nSPS) is 19.7. The highest BCUT2D eigenvalue weighted by molar-refractivity contribution is 7.88. The van der Waals surface area contributed by atoms with Crippen LogP contribution in [0.3, 0.4) is 0 Å². The van der Waals surface area contributed by atoms with Gasteiger partial charge in [-0.1, -0.05) is 13.8 Å². The molecule has 0 saturated carbocycles. The number of hydrogen-bond donors (Lipinski definition) is 1. The summed E-state index contributed by atoms with van der Waals surface area (Å²) in [5, 5.41) is 3.08. The number of carbonyl (C=O) groups is 1. The van der Waals surface area contributed by atoms with E-state index >= 15 is 0 Å². The van der Waals surface area contributed by atoms with Crippen LogP contribution in [-0.4, -0.2) is 45.1 Å². The lowest BCUT2D eigenvalue weighted by Gasteiger charge is -2.31. The molecule has 0 radical (unpaired) electrons. The summed E-state index contributed by atoms with van der Waals surface area (Å²) in [5.74, 6) is 0.779. The lowest BCUT2D eigenvalue weighted by molar-refractivity contribution is -0.126. The molecule has 1 aliphatic heterocycles. The van der Waals surface area contributed by atoms with Gasteiger partial charge in [-0.2, -0.15) is 0 Å². The molecule has 1 aromatic rings. The number of methoxy groups -OCH3 is 1. The van der Waals surface area contributed by atoms with Crippen LogP contribution < -0.4 is 10.1 Å². The number of carbonyl (C=O) groups excluding carboxylic acids is 1. The van der Waals surface area contributed by atoms with Gasteiger partial charge in [-0.05, 0) is 61.4 Å². The van der Waals surface area contributed by atoms with E-state index in [1.54, 1.807) is 7.11 Å². The van der Waals surface area contributed by atoms with E-state index in [1.165, 1.54) is 10.6 Å². The van der Waals surface area contributed by atoms with Gasteiger partial charge in [0.2, 0.25) is 15.9 Å². The second kappa shape index (κ2) is 8.61. The molecule has 0 aromatic heterocycles. The first-order chi connectivity index (χ1) is 12.5. The zero-order valence-corrected chi connectivity index (χ0v) is 18.0. The van der Waals surface area contributed by atoms with Gasteiger partial charge >= 0.3 is 0 Å². The second-order valence-corrected chi connectivity index (χ2v) is 9.78. The average Bonchev–Trinajstić information content (AvgIpc) is 2.60. The van der Waals surface area contributed by atoms with Gasteiger partial charge in [0, 0.05) is 13.1 Å². The predicted molar refractivity (Wildman–Crippen MR) is 108 cm³/mol. The van der Waals surface area contributed by atoms with Crippen LogP contribution in [0, 0.1) is 12.8 Å². The summed E-state index contributed by atoms with van der Waals surface area (Å²) in [6, 6.07) is 3.96.